The molecule has 2 heteroatoms. The quantitative estimate of drug-likeness (QED) is 0.743. The van der Waals surface area contributed by atoms with Crippen LogP contribution in [0.25, 0.3) is 0 Å². The Morgan fingerprint density at radius 3 is 2.42 bits per heavy atom. The van der Waals surface area contributed by atoms with Crippen molar-refractivity contribution in [3.05, 3.63) is 68.7 Å². The van der Waals surface area contributed by atoms with E-state index in [0.29, 0.717) is 6.42 Å². The lowest BCUT2D eigenvalue weighted by Crippen LogP contribution is -2.05. The third-order valence-electron chi connectivity index (χ3n) is 3.43. The van der Waals surface area contributed by atoms with Gasteiger partial charge in [-0.15, -0.1) is 0 Å². The van der Waals surface area contributed by atoms with Crippen LogP contribution in [0.4, 0.5) is 0 Å². The van der Waals surface area contributed by atoms with Crippen LogP contribution >= 0.6 is 15.9 Å². The van der Waals surface area contributed by atoms with Gasteiger partial charge >= 0.3 is 0 Å². The molecule has 0 heterocycles. The van der Waals surface area contributed by atoms with Gasteiger partial charge in [0.1, 0.15) is 0 Å². The molecule has 19 heavy (non-hydrogen) atoms. The van der Waals surface area contributed by atoms with Gasteiger partial charge in [0.2, 0.25) is 0 Å². The lowest BCUT2D eigenvalue weighted by atomic mass is 9.99. The molecule has 0 aliphatic rings. The summed E-state index contributed by atoms with van der Waals surface area (Å²) in [5.74, 6) is 0.152. The van der Waals surface area contributed by atoms with Gasteiger partial charge in [-0.2, -0.15) is 0 Å². The molecule has 0 saturated heterocycles. The van der Waals surface area contributed by atoms with Crippen molar-refractivity contribution in [1.82, 2.24) is 0 Å². The number of halogens is 1. The molecule has 0 aliphatic carbocycles. The molecule has 0 spiro atoms. The molecule has 0 unspecified atom stereocenters. The number of carbonyl (C=O) groups is 1. The van der Waals surface area contributed by atoms with Gasteiger partial charge in [0.15, 0.2) is 5.78 Å². The van der Waals surface area contributed by atoms with E-state index >= 15 is 0 Å². The number of hydrogen-bond donors (Lipinski definition) is 0. The van der Waals surface area contributed by atoms with Crippen LogP contribution < -0.4 is 0 Å². The fraction of sp³-hybridized carbons (Fsp3) is 0.235. The maximum absolute atomic E-state index is 12.4. The van der Waals surface area contributed by atoms with Crippen LogP contribution in [0.2, 0.25) is 0 Å². The monoisotopic (exact) mass is 316 g/mol. The van der Waals surface area contributed by atoms with Crippen molar-refractivity contribution in [2.75, 3.05) is 0 Å². The molecular formula is C17H17BrO. The smallest absolute Gasteiger partial charge is 0.168 e. The van der Waals surface area contributed by atoms with Crippen molar-refractivity contribution in [3.8, 4) is 0 Å². The molecule has 0 N–H and O–H groups in total. The standard InChI is InChI=1S/C17H17BrO/c1-11-7-8-14(9-13(11)3)10-16(19)15-6-4-5-12(2)17(15)18/h4-9H,10H2,1-3H3. The van der Waals surface area contributed by atoms with E-state index in [0.717, 1.165) is 21.2 Å². The summed E-state index contributed by atoms with van der Waals surface area (Å²) in [6, 6.07) is 12.0. The molecule has 0 amide bonds. The van der Waals surface area contributed by atoms with E-state index in [4.69, 9.17) is 0 Å². The Bertz CT molecular complexity index is 629. The second-order valence-electron chi connectivity index (χ2n) is 4.96. The highest BCUT2D eigenvalue weighted by Crippen LogP contribution is 2.23. The number of rotatable bonds is 3. The van der Waals surface area contributed by atoms with Crippen molar-refractivity contribution >= 4 is 21.7 Å². The third-order valence-corrected chi connectivity index (χ3v) is 4.48. The van der Waals surface area contributed by atoms with E-state index in [9.17, 15) is 4.79 Å². The predicted molar refractivity (Wildman–Crippen MR) is 82.8 cm³/mol. The molecule has 0 radical (unpaired) electrons. The first kappa shape index (κ1) is 14.0. The lowest BCUT2D eigenvalue weighted by Gasteiger charge is -2.08. The number of benzene rings is 2. The van der Waals surface area contributed by atoms with E-state index in [1.54, 1.807) is 0 Å². The van der Waals surface area contributed by atoms with Gasteiger partial charge in [0, 0.05) is 16.5 Å². The normalized spacial score (nSPS) is 10.5. The van der Waals surface area contributed by atoms with Crippen molar-refractivity contribution in [1.29, 1.82) is 0 Å². The fourth-order valence-electron chi connectivity index (χ4n) is 2.06. The van der Waals surface area contributed by atoms with Crippen LogP contribution in [0.3, 0.4) is 0 Å². The summed E-state index contributed by atoms with van der Waals surface area (Å²) in [6.45, 7) is 6.15. The van der Waals surface area contributed by atoms with Gasteiger partial charge < -0.3 is 0 Å². The molecule has 1 nitrogen and oxygen atoms in total. The first-order chi connectivity index (χ1) is 8.99. The van der Waals surface area contributed by atoms with Gasteiger partial charge in [0.25, 0.3) is 0 Å². The molecule has 2 rings (SSSR count). The third kappa shape index (κ3) is 3.13. The molecule has 98 valence electrons. The molecule has 0 fully saturated rings. The van der Waals surface area contributed by atoms with Crippen molar-refractivity contribution in [3.63, 3.8) is 0 Å². The van der Waals surface area contributed by atoms with E-state index in [-0.39, 0.29) is 5.78 Å². The molecule has 2 aromatic carbocycles. The highest BCUT2D eigenvalue weighted by Gasteiger charge is 2.12. The highest BCUT2D eigenvalue weighted by molar-refractivity contribution is 9.10. The van der Waals surface area contributed by atoms with E-state index in [1.807, 2.05) is 31.2 Å². The first-order valence-electron chi connectivity index (χ1n) is 6.33. The number of Topliss-reactive ketones (excluding diaryl/α,β-unsaturated/α-hetero) is 1. The van der Waals surface area contributed by atoms with Crippen LogP contribution in [-0.2, 0) is 6.42 Å². The summed E-state index contributed by atoms with van der Waals surface area (Å²) < 4.78 is 0.906. The summed E-state index contributed by atoms with van der Waals surface area (Å²) in [5.41, 5.74) is 5.41. The van der Waals surface area contributed by atoms with E-state index < -0.39 is 0 Å². The molecule has 0 saturated carbocycles. The molecule has 0 atom stereocenters. The molecule has 0 bridgehead atoms. The van der Waals surface area contributed by atoms with Gasteiger partial charge in [-0.3, -0.25) is 4.79 Å². The lowest BCUT2D eigenvalue weighted by molar-refractivity contribution is 0.0992. The minimum atomic E-state index is 0.152. The van der Waals surface area contributed by atoms with Gasteiger partial charge in [-0.1, -0.05) is 36.4 Å². The Morgan fingerprint density at radius 2 is 1.74 bits per heavy atom. The summed E-state index contributed by atoms with van der Waals surface area (Å²) in [5, 5.41) is 0. The van der Waals surface area contributed by atoms with Crippen molar-refractivity contribution < 1.29 is 4.79 Å². The Hall–Kier alpha value is -1.41. The van der Waals surface area contributed by atoms with E-state index in [2.05, 4.69) is 41.9 Å². The van der Waals surface area contributed by atoms with Gasteiger partial charge in [0.05, 0.1) is 0 Å². The maximum atomic E-state index is 12.4. The minimum Gasteiger partial charge on any atom is -0.294 e. The highest BCUT2D eigenvalue weighted by atomic mass is 79.9. The van der Waals surface area contributed by atoms with Crippen LogP contribution in [0, 0.1) is 20.8 Å². The average molecular weight is 317 g/mol. The van der Waals surface area contributed by atoms with E-state index in [1.165, 1.54) is 11.1 Å². The second kappa shape index (κ2) is 5.70. The zero-order valence-corrected chi connectivity index (χ0v) is 13.0. The Balaban J connectivity index is 2.26. The van der Waals surface area contributed by atoms with Crippen LogP contribution in [0.15, 0.2) is 40.9 Å². The summed E-state index contributed by atoms with van der Waals surface area (Å²) in [4.78, 5) is 12.4. The number of ketones is 1. The topological polar surface area (TPSA) is 17.1 Å². The Kier molecular flexibility index (Phi) is 4.20. The van der Waals surface area contributed by atoms with Crippen LogP contribution in [-0.4, -0.2) is 5.78 Å². The minimum absolute atomic E-state index is 0.152. The fourth-order valence-corrected chi connectivity index (χ4v) is 2.54. The number of hydrogen-bond acceptors (Lipinski definition) is 1. The predicted octanol–water partition coefficient (Wildman–Crippen LogP) is 4.80. The number of carbonyl (C=O) groups excluding carboxylic acids is 1. The SMILES string of the molecule is Cc1ccc(CC(=O)c2cccc(C)c2Br)cc1C. The van der Waals surface area contributed by atoms with Crippen molar-refractivity contribution in [2.24, 2.45) is 0 Å². The molecule has 0 aliphatic heterocycles. The second-order valence-corrected chi connectivity index (χ2v) is 5.75. The Morgan fingerprint density at radius 1 is 1.00 bits per heavy atom. The van der Waals surface area contributed by atoms with Crippen molar-refractivity contribution in [2.45, 2.75) is 27.2 Å². The Labute approximate surface area is 122 Å². The van der Waals surface area contributed by atoms with Gasteiger partial charge in [-0.25, -0.2) is 0 Å². The summed E-state index contributed by atoms with van der Waals surface area (Å²) in [6.07, 6.45) is 0.448. The first-order valence-corrected chi connectivity index (χ1v) is 7.13. The van der Waals surface area contributed by atoms with Crippen LogP contribution in [0.5, 0.6) is 0 Å². The zero-order chi connectivity index (χ0) is 14.0. The zero-order valence-electron chi connectivity index (χ0n) is 11.5. The van der Waals surface area contributed by atoms with Crippen LogP contribution in [0.1, 0.15) is 32.6 Å². The summed E-state index contributed by atoms with van der Waals surface area (Å²) >= 11 is 3.50. The average Bonchev–Trinajstić information content (AvgIpc) is 2.37. The molecule has 2 aromatic rings. The molecule has 0 aromatic heterocycles. The van der Waals surface area contributed by atoms with Gasteiger partial charge in [-0.05, 0) is 59.0 Å². The largest absolute Gasteiger partial charge is 0.294 e. The molecular weight excluding hydrogens is 300 g/mol. The summed E-state index contributed by atoms with van der Waals surface area (Å²) in [7, 11) is 0. The maximum Gasteiger partial charge on any atom is 0.168 e. The number of aryl methyl sites for hydroxylation is 3.